The van der Waals surface area contributed by atoms with Gasteiger partial charge in [-0.05, 0) is 24.5 Å². The Morgan fingerprint density at radius 2 is 1.54 bits per heavy atom. The molecule has 3 atom stereocenters. The van der Waals surface area contributed by atoms with Crippen molar-refractivity contribution in [1.82, 2.24) is 4.90 Å². The lowest BCUT2D eigenvalue weighted by atomic mass is 9.93. The Kier molecular flexibility index (Phi) is 6.56. The maximum absolute atomic E-state index is 13.1. The van der Waals surface area contributed by atoms with Crippen molar-refractivity contribution in [3.05, 3.63) is 71.8 Å². The lowest BCUT2D eigenvalue weighted by molar-refractivity contribution is -0.138. The average Bonchev–Trinajstić information content (AvgIpc) is 2.65. The van der Waals surface area contributed by atoms with E-state index in [1.807, 2.05) is 60.4 Å². The van der Waals surface area contributed by atoms with Crippen molar-refractivity contribution in [2.24, 2.45) is 11.7 Å². The van der Waals surface area contributed by atoms with Crippen molar-refractivity contribution in [2.75, 3.05) is 0 Å². The highest BCUT2D eigenvalue weighted by Gasteiger charge is 2.29. The molecule has 24 heavy (non-hydrogen) atoms. The van der Waals surface area contributed by atoms with Crippen LogP contribution in [0.25, 0.3) is 0 Å². The Hall–Kier alpha value is -2.13. The second-order valence-electron chi connectivity index (χ2n) is 6.43. The van der Waals surface area contributed by atoms with Crippen LogP contribution in [-0.4, -0.2) is 16.8 Å². The van der Waals surface area contributed by atoms with E-state index in [1.54, 1.807) is 0 Å². The number of carbonyl (C=O) groups is 1. The Morgan fingerprint density at radius 3 is 2.08 bits per heavy atom. The molecule has 3 heteroatoms. The van der Waals surface area contributed by atoms with Crippen LogP contribution in [0.5, 0.6) is 0 Å². The fourth-order valence-electron chi connectivity index (χ4n) is 2.83. The molecule has 0 saturated heterocycles. The summed E-state index contributed by atoms with van der Waals surface area (Å²) in [4.78, 5) is 15.1. The van der Waals surface area contributed by atoms with Gasteiger partial charge in [-0.1, -0.05) is 74.5 Å². The number of nitrogens with two attached hydrogens (primary N) is 1. The maximum atomic E-state index is 13.1. The van der Waals surface area contributed by atoms with Crippen LogP contribution in [0.1, 0.15) is 44.4 Å². The van der Waals surface area contributed by atoms with Gasteiger partial charge in [-0.3, -0.25) is 4.79 Å². The van der Waals surface area contributed by atoms with Crippen LogP contribution in [0, 0.1) is 5.92 Å². The van der Waals surface area contributed by atoms with Gasteiger partial charge in [0.05, 0.1) is 5.92 Å². The molecule has 0 heterocycles. The highest BCUT2D eigenvalue weighted by Crippen LogP contribution is 2.23. The van der Waals surface area contributed by atoms with Gasteiger partial charge in [0.25, 0.3) is 0 Å². The molecule has 0 bridgehead atoms. The molecule has 0 fully saturated rings. The SMILES string of the molecule is CCC(C)N(Cc1ccccc1)C(=O)C(C)C(N)c1ccccc1. The molecule has 2 rings (SSSR count). The van der Waals surface area contributed by atoms with Gasteiger partial charge in [0, 0.05) is 18.6 Å². The molecule has 128 valence electrons. The number of benzene rings is 2. The third kappa shape index (κ3) is 4.45. The van der Waals surface area contributed by atoms with Gasteiger partial charge in [0.2, 0.25) is 5.91 Å². The number of hydrogen-bond donors (Lipinski definition) is 1. The van der Waals surface area contributed by atoms with E-state index in [2.05, 4.69) is 26.0 Å². The monoisotopic (exact) mass is 324 g/mol. The summed E-state index contributed by atoms with van der Waals surface area (Å²) < 4.78 is 0. The fourth-order valence-corrected chi connectivity index (χ4v) is 2.83. The van der Waals surface area contributed by atoms with Crippen molar-refractivity contribution in [2.45, 2.75) is 45.8 Å². The van der Waals surface area contributed by atoms with Crippen LogP contribution in [-0.2, 0) is 11.3 Å². The summed E-state index contributed by atoms with van der Waals surface area (Å²) in [6.07, 6.45) is 0.922. The molecule has 2 aromatic carbocycles. The van der Waals surface area contributed by atoms with Gasteiger partial charge >= 0.3 is 0 Å². The highest BCUT2D eigenvalue weighted by atomic mass is 16.2. The molecule has 0 aliphatic carbocycles. The first-order valence-corrected chi connectivity index (χ1v) is 8.69. The molecule has 3 unspecified atom stereocenters. The quantitative estimate of drug-likeness (QED) is 0.831. The van der Waals surface area contributed by atoms with E-state index in [4.69, 9.17) is 5.73 Å². The summed E-state index contributed by atoms with van der Waals surface area (Å²) in [5.74, 6) is -0.144. The van der Waals surface area contributed by atoms with Crippen molar-refractivity contribution >= 4 is 5.91 Å². The molecule has 2 aromatic rings. The topological polar surface area (TPSA) is 46.3 Å². The standard InChI is InChI=1S/C21H28N2O/c1-4-16(2)23(15-18-11-7-5-8-12-18)21(24)17(3)20(22)19-13-9-6-10-14-19/h5-14,16-17,20H,4,15,22H2,1-3H3. The van der Waals surface area contributed by atoms with Crippen LogP contribution in [0.4, 0.5) is 0 Å². The number of rotatable bonds is 7. The first kappa shape index (κ1) is 18.2. The average molecular weight is 324 g/mol. The maximum Gasteiger partial charge on any atom is 0.227 e. The zero-order valence-electron chi connectivity index (χ0n) is 14.9. The lowest BCUT2D eigenvalue weighted by Crippen LogP contribution is -2.43. The van der Waals surface area contributed by atoms with Gasteiger partial charge in [0.1, 0.15) is 0 Å². The van der Waals surface area contributed by atoms with Crippen molar-refractivity contribution < 1.29 is 4.79 Å². The molecule has 0 spiro atoms. The molecular weight excluding hydrogens is 296 g/mol. The van der Waals surface area contributed by atoms with E-state index in [-0.39, 0.29) is 23.9 Å². The van der Waals surface area contributed by atoms with E-state index in [0.717, 1.165) is 17.5 Å². The van der Waals surface area contributed by atoms with Crippen LogP contribution < -0.4 is 5.73 Å². The van der Waals surface area contributed by atoms with Gasteiger partial charge in [-0.25, -0.2) is 0 Å². The van der Waals surface area contributed by atoms with E-state index >= 15 is 0 Å². The van der Waals surface area contributed by atoms with Crippen molar-refractivity contribution in [3.63, 3.8) is 0 Å². The van der Waals surface area contributed by atoms with E-state index < -0.39 is 0 Å². The number of hydrogen-bond acceptors (Lipinski definition) is 2. The third-order valence-corrected chi connectivity index (χ3v) is 4.71. The lowest BCUT2D eigenvalue weighted by Gasteiger charge is -2.33. The minimum atomic E-state index is -0.291. The Balaban J connectivity index is 2.17. The minimum Gasteiger partial charge on any atom is -0.335 e. The summed E-state index contributed by atoms with van der Waals surface area (Å²) in [5.41, 5.74) is 8.51. The second-order valence-corrected chi connectivity index (χ2v) is 6.43. The first-order chi connectivity index (χ1) is 11.5. The van der Waals surface area contributed by atoms with Gasteiger partial charge in [0.15, 0.2) is 0 Å². The van der Waals surface area contributed by atoms with Crippen LogP contribution in [0.2, 0.25) is 0 Å². The first-order valence-electron chi connectivity index (χ1n) is 8.69. The van der Waals surface area contributed by atoms with Crippen LogP contribution >= 0.6 is 0 Å². The van der Waals surface area contributed by atoms with E-state index in [1.165, 1.54) is 0 Å². The van der Waals surface area contributed by atoms with Crippen molar-refractivity contribution in [3.8, 4) is 0 Å². The summed E-state index contributed by atoms with van der Waals surface area (Å²) in [5, 5.41) is 0. The number of nitrogens with zero attached hydrogens (tertiary/aromatic N) is 1. The largest absolute Gasteiger partial charge is 0.335 e. The molecule has 3 nitrogen and oxygen atoms in total. The Bertz CT molecular complexity index is 627. The van der Waals surface area contributed by atoms with Crippen LogP contribution in [0.15, 0.2) is 60.7 Å². The molecule has 0 saturated carbocycles. The highest BCUT2D eigenvalue weighted by molar-refractivity contribution is 5.79. The molecule has 0 radical (unpaired) electrons. The Morgan fingerprint density at radius 1 is 1.00 bits per heavy atom. The summed E-state index contributed by atoms with van der Waals surface area (Å²) >= 11 is 0. The smallest absolute Gasteiger partial charge is 0.227 e. The molecule has 0 aromatic heterocycles. The van der Waals surface area contributed by atoms with E-state index in [0.29, 0.717) is 6.54 Å². The predicted octanol–water partition coefficient (Wildman–Crippen LogP) is 4.15. The zero-order chi connectivity index (χ0) is 17.5. The molecular formula is C21H28N2O. The fraction of sp³-hybridized carbons (Fsp3) is 0.381. The Labute approximate surface area is 145 Å². The minimum absolute atomic E-state index is 0.115. The van der Waals surface area contributed by atoms with Gasteiger partial charge < -0.3 is 10.6 Å². The van der Waals surface area contributed by atoms with Crippen molar-refractivity contribution in [1.29, 1.82) is 0 Å². The molecule has 2 N–H and O–H groups in total. The van der Waals surface area contributed by atoms with Gasteiger partial charge in [-0.15, -0.1) is 0 Å². The molecule has 0 aliphatic heterocycles. The predicted molar refractivity (Wildman–Crippen MR) is 99.3 cm³/mol. The second kappa shape index (κ2) is 8.65. The zero-order valence-corrected chi connectivity index (χ0v) is 14.9. The third-order valence-electron chi connectivity index (χ3n) is 4.71. The summed E-state index contributed by atoms with van der Waals surface area (Å²) in [6, 6.07) is 19.9. The normalized spacial score (nSPS) is 14.7. The number of carbonyl (C=O) groups excluding carboxylic acids is 1. The summed E-state index contributed by atoms with van der Waals surface area (Å²) in [7, 11) is 0. The number of amides is 1. The molecule has 0 aliphatic rings. The van der Waals surface area contributed by atoms with Gasteiger partial charge in [-0.2, -0.15) is 0 Å². The van der Waals surface area contributed by atoms with Crippen LogP contribution in [0.3, 0.4) is 0 Å². The summed E-state index contributed by atoms with van der Waals surface area (Å²) in [6.45, 7) is 6.76. The van der Waals surface area contributed by atoms with E-state index in [9.17, 15) is 4.79 Å². The molecule has 1 amide bonds.